The molecule has 1 saturated heterocycles. The Bertz CT molecular complexity index is 1520. The van der Waals surface area contributed by atoms with E-state index in [1.165, 1.54) is 22.3 Å². The fourth-order valence-electron chi connectivity index (χ4n) is 4.77. The average molecular weight is 582 g/mol. The van der Waals surface area contributed by atoms with Gasteiger partial charge in [-0.2, -0.15) is 17.5 Å². The molecule has 0 atom stereocenters. The lowest BCUT2D eigenvalue weighted by Gasteiger charge is -2.34. The van der Waals surface area contributed by atoms with E-state index in [-0.39, 0.29) is 37.3 Å². The lowest BCUT2D eigenvalue weighted by Crippen LogP contribution is -2.50. The molecule has 0 aromatic heterocycles. The molecule has 3 N–H and O–H groups in total. The number of aryl methyl sites for hydroxylation is 2. The molecule has 9 nitrogen and oxygen atoms in total. The molecule has 40 heavy (non-hydrogen) atoms. The number of nitrogens with one attached hydrogen (secondary N) is 1. The minimum atomic E-state index is -4.92. The predicted molar refractivity (Wildman–Crippen MR) is 141 cm³/mol. The van der Waals surface area contributed by atoms with Gasteiger partial charge >= 0.3 is 12.2 Å². The predicted octanol–water partition coefficient (Wildman–Crippen LogP) is 3.69. The van der Waals surface area contributed by atoms with Crippen LogP contribution in [0.3, 0.4) is 0 Å². The molecule has 2 aromatic rings. The Kier molecular flexibility index (Phi) is 7.54. The highest BCUT2D eigenvalue weighted by Crippen LogP contribution is 2.35. The van der Waals surface area contributed by atoms with Crippen LogP contribution >= 0.6 is 0 Å². The Morgan fingerprint density at radius 2 is 1.75 bits per heavy atom. The molecule has 0 saturated carbocycles. The van der Waals surface area contributed by atoms with Gasteiger partial charge in [0.2, 0.25) is 10.0 Å². The molecule has 1 fully saturated rings. The Hall–Kier alpha value is -3.78. The first-order valence-corrected chi connectivity index (χ1v) is 13.7. The summed E-state index contributed by atoms with van der Waals surface area (Å²) in [6, 6.07) is 5.12. The fourth-order valence-corrected chi connectivity index (χ4v) is 5.94. The summed E-state index contributed by atoms with van der Waals surface area (Å²) in [5, 5.41) is 3.54. The number of anilines is 1. The molecule has 2 aliphatic rings. The van der Waals surface area contributed by atoms with Crippen LogP contribution in [0.2, 0.25) is 0 Å². The van der Waals surface area contributed by atoms with Crippen molar-refractivity contribution in [3.8, 4) is 0 Å². The summed E-state index contributed by atoms with van der Waals surface area (Å²) in [6.07, 6.45) is -3.44. The number of carbonyl (C=O) groups excluding carboxylic acids is 2. The number of benzene rings is 2. The van der Waals surface area contributed by atoms with Crippen LogP contribution in [0.25, 0.3) is 6.08 Å². The molecule has 3 amide bonds. The van der Waals surface area contributed by atoms with Crippen molar-refractivity contribution < 1.29 is 35.6 Å². The van der Waals surface area contributed by atoms with Crippen molar-refractivity contribution in [2.75, 3.05) is 25.0 Å². The Balaban J connectivity index is 1.50. The minimum Gasteiger partial charge on any atom is -0.351 e. The van der Waals surface area contributed by atoms with Gasteiger partial charge in [0.05, 0.1) is 5.56 Å². The van der Waals surface area contributed by atoms with Gasteiger partial charge in [-0.15, -0.1) is 0 Å². The third-order valence-corrected chi connectivity index (χ3v) is 8.70. The van der Waals surface area contributed by atoms with Crippen molar-refractivity contribution in [3.05, 3.63) is 69.4 Å². The van der Waals surface area contributed by atoms with Gasteiger partial charge in [0.1, 0.15) is 17.2 Å². The van der Waals surface area contributed by atoms with E-state index in [0.717, 1.165) is 22.6 Å². The third kappa shape index (κ3) is 5.59. The summed E-state index contributed by atoms with van der Waals surface area (Å²) in [5.41, 5.74) is 5.08. The zero-order valence-electron chi connectivity index (χ0n) is 21.8. The Morgan fingerprint density at radius 3 is 2.30 bits per heavy atom. The summed E-state index contributed by atoms with van der Waals surface area (Å²) in [7, 11) is -2.37. The molecule has 4 rings (SSSR count). The quantitative estimate of drug-likeness (QED) is 0.523. The second kappa shape index (κ2) is 10.3. The van der Waals surface area contributed by atoms with Crippen molar-refractivity contribution >= 4 is 39.6 Å². The maximum absolute atomic E-state index is 13.7. The number of nitrogens with two attached hydrogens (primary N) is 1. The van der Waals surface area contributed by atoms with Crippen LogP contribution in [0, 0.1) is 19.7 Å². The topological polar surface area (TPSA) is 125 Å². The van der Waals surface area contributed by atoms with Gasteiger partial charge in [-0.25, -0.2) is 17.6 Å². The number of amides is 3. The van der Waals surface area contributed by atoms with E-state index < -0.39 is 45.1 Å². The van der Waals surface area contributed by atoms with Crippen LogP contribution in [-0.4, -0.2) is 56.2 Å². The van der Waals surface area contributed by atoms with Crippen molar-refractivity contribution in [2.24, 2.45) is 10.7 Å². The second-order valence-electron chi connectivity index (χ2n) is 9.78. The monoisotopic (exact) mass is 581 g/mol. The smallest absolute Gasteiger partial charge is 0.351 e. The van der Waals surface area contributed by atoms with E-state index in [9.17, 15) is 35.6 Å². The number of primary amides is 1. The molecular formula is C26H27F4N5O4S. The average Bonchev–Trinajstić information content (AvgIpc) is 3.17. The number of piperidine rings is 1. The number of nitrogens with zero attached hydrogens (tertiary/aromatic N) is 3. The third-order valence-electron chi connectivity index (χ3n) is 7.14. The fraction of sp³-hybridized carbons (Fsp3) is 0.346. The maximum atomic E-state index is 13.7. The molecule has 2 heterocycles. The van der Waals surface area contributed by atoms with E-state index in [0.29, 0.717) is 23.4 Å². The van der Waals surface area contributed by atoms with Crippen molar-refractivity contribution in [1.29, 1.82) is 0 Å². The first-order valence-electron chi connectivity index (χ1n) is 12.2. The number of alkyl halides is 3. The van der Waals surface area contributed by atoms with Crippen LogP contribution in [0.5, 0.6) is 0 Å². The number of urea groups is 1. The molecule has 2 aromatic carbocycles. The Labute approximate surface area is 228 Å². The highest BCUT2D eigenvalue weighted by Gasteiger charge is 2.47. The first kappa shape index (κ1) is 29.2. The molecule has 1 spiro atoms. The number of amidine groups is 1. The SMILES string of the molecule is Cc1cc(N(C)C(N)=O)cc(C)c1/C=C/S(=O)(=O)N1CCC2(CC1)N=C(c1ccc(F)c(C(F)(F)F)c1)NC2=O. The summed E-state index contributed by atoms with van der Waals surface area (Å²) in [6.45, 7) is 3.45. The van der Waals surface area contributed by atoms with Crippen LogP contribution in [0.4, 0.5) is 28.0 Å². The van der Waals surface area contributed by atoms with Gasteiger partial charge in [0.25, 0.3) is 5.91 Å². The first-order chi connectivity index (χ1) is 18.5. The number of aliphatic imine (C=N–C) groups is 1. The summed E-state index contributed by atoms with van der Waals surface area (Å²) >= 11 is 0. The second-order valence-corrected chi connectivity index (χ2v) is 11.6. The van der Waals surface area contributed by atoms with Crippen molar-refractivity contribution in [3.63, 3.8) is 0 Å². The van der Waals surface area contributed by atoms with Crippen LogP contribution in [0.1, 0.15) is 40.7 Å². The van der Waals surface area contributed by atoms with Crippen molar-refractivity contribution in [2.45, 2.75) is 38.4 Å². The molecule has 0 bridgehead atoms. The van der Waals surface area contributed by atoms with Gasteiger partial charge in [-0.1, -0.05) is 0 Å². The van der Waals surface area contributed by atoms with E-state index >= 15 is 0 Å². The number of halogens is 4. The highest BCUT2D eigenvalue weighted by atomic mass is 32.2. The summed E-state index contributed by atoms with van der Waals surface area (Å²) in [5.74, 6) is -2.12. The van der Waals surface area contributed by atoms with Gasteiger partial charge in [0.15, 0.2) is 0 Å². The number of hydrogen-bond acceptors (Lipinski definition) is 5. The largest absolute Gasteiger partial charge is 0.419 e. The number of hydrogen-bond donors (Lipinski definition) is 2. The molecule has 0 radical (unpaired) electrons. The lowest BCUT2D eigenvalue weighted by molar-refractivity contribution is -0.140. The van der Waals surface area contributed by atoms with Gasteiger partial charge in [-0.3, -0.25) is 14.7 Å². The van der Waals surface area contributed by atoms with E-state index in [2.05, 4.69) is 10.3 Å². The Morgan fingerprint density at radius 1 is 1.15 bits per heavy atom. The molecule has 14 heteroatoms. The molecule has 0 unspecified atom stereocenters. The van der Waals surface area contributed by atoms with Crippen LogP contribution in [0.15, 0.2) is 40.7 Å². The molecular weight excluding hydrogens is 554 g/mol. The zero-order valence-corrected chi connectivity index (χ0v) is 22.7. The molecule has 0 aliphatic carbocycles. The van der Waals surface area contributed by atoms with Gasteiger partial charge < -0.3 is 11.1 Å². The number of sulfonamides is 1. The van der Waals surface area contributed by atoms with E-state index in [1.807, 2.05) is 0 Å². The van der Waals surface area contributed by atoms with Crippen molar-refractivity contribution in [1.82, 2.24) is 9.62 Å². The highest BCUT2D eigenvalue weighted by molar-refractivity contribution is 7.92. The zero-order chi connectivity index (χ0) is 29.6. The normalized spacial score (nSPS) is 17.8. The summed E-state index contributed by atoms with van der Waals surface area (Å²) < 4.78 is 80.4. The van der Waals surface area contributed by atoms with E-state index in [4.69, 9.17) is 5.73 Å². The van der Waals surface area contributed by atoms with Crippen LogP contribution < -0.4 is 16.0 Å². The standard InChI is InChI=1S/C26H27F4N5O4S/c1-15-12-18(34(3)24(31)37)13-16(2)19(15)6-11-40(38,39)35-9-7-25(8-10-35)23(36)32-22(33-25)17-4-5-21(27)20(14-17)26(28,29)30/h4-6,11-14H,7-10H2,1-3H3,(H2,31,37)(H,32,33,36)/b11-6+. The summed E-state index contributed by atoms with van der Waals surface area (Å²) in [4.78, 5) is 29.9. The number of carbonyl (C=O) groups is 2. The molecule has 214 valence electrons. The maximum Gasteiger partial charge on any atom is 0.419 e. The minimum absolute atomic E-state index is 0.00886. The van der Waals surface area contributed by atoms with E-state index in [1.54, 1.807) is 26.0 Å². The molecule has 2 aliphatic heterocycles. The van der Waals surface area contributed by atoms with Gasteiger partial charge in [0, 0.05) is 36.8 Å². The van der Waals surface area contributed by atoms with Crippen LogP contribution in [-0.2, 0) is 21.0 Å². The number of rotatable bonds is 5. The van der Waals surface area contributed by atoms with Gasteiger partial charge in [-0.05, 0) is 79.8 Å². The lowest BCUT2D eigenvalue weighted by atomic mass is 9.89.